The van der Waals surface area contributed by atoms with Crippen LogP contribution in [0.1, 0.15) is 17.0 Å². The molecule has 4 N–H and O–H groups in total. The van der Waals surface area contributed by atoms with E-state index in [0.717, 1.165) is 47.5 Å². The third kappa shape index (κ3) is 3.08. The summed E-state index contributed by atoms with van der Waals surface area (Å²) in [6.07, 6.45) is 0.765. The largest absolute Gasteiger partial charge is 0.399 e. The van der Waals surface area contributed by atoms with Gasteiger partial charge in [-0.05, 0) is 41.8 Å². The van der Waals surface area contributed by atoms with Gasteiger partial charge in [-0.25, -0.2) is 4.98 Å². The molecular weight excluding hydrogens is 350 g/mol. The van der Waals surface area contributed by atoms with E-state index >= 15 is 0 Å². The van der Waals surface area contributed by atoms with Crippen LogP contribution in [0, 0.1) is 0 Å². The molecule has 0 amide bonds. The summed E-state index contributed by atoms with van der Waals surface area (Å²) in [5.41, 5.74) is 11.2. The first kappa shape index (κ1) is 16.8. The maximum absolute atomic E-state index is 12.7. The standard InChI is InChI=1S/C22H21N5O/c23-16-7-5-14(6-8-16)21-25-20-9-10-27(13-18(20)22(28)26-21)12-17-11-15-3-1-2-4-19(15)24-17/h1-8,11,24H,9-10,12-13,23H2,(H,25,26,28). The molecule has 0 fully saturated rings. The van der Waals surface area contributed by atoms with E-state index in [0.29, 0.717) is 18.1 Å². The van der Waals surface area contributed by atoms with Crippen LogP contribution >= 0.6 is 0 Å². The zero-order valence-electron chi connectivity index (χ0n) is 15.4. The van der Waals surface area contributed by atoms with Crippen LogP contribution < -0.4 is 11.3 Å². The fourth-order valence-corrected chi connectivity index (χ4v) is 3.85. The van der Waals surface area contributed by atoms with E-state index in [1.54, 1.807) is 0 Å². The topological polar surface area (TPSA) is 90.8 Å². The summed E-state index contributed by atoms with van der Waals surface area (Å²) < 4.78 is 0. The predicted molar refractivity (Wildman–Crippen MR) is 111 cm³/mol. The fourth-order valence-electron chi connectivity index (χ4n) is 3.85. The number of fused-ring (bicyclic) bond motifs is 2. The van der Waals surface area contributed by atoms with Gasteiger partial charge in [-0.15, -0.1) is 0 Å². The number of anilines is 1. The van der Waals surface area contributed by atoms with Crippen LogP contribution in [-0.4, -0.2) is 26.4 Å². The SMILES string of the molecule is Nc1ccc(-c2nc3c(c(=O)[nH]2)CN(Cc2cc4ccccc4[nH]2)CC3)cc1. The minimum absolute atomic E-state index is 0.0572. The highest BCUT2D eigenvalue weighted by Gasteiger charge is 2.22. The van der Waals surface area contributed by atoms with E-state index in [2.05, 4.69) is 33.1 Å². The van der Waals surface area contributed by atoms with E-state index in [4.69, 9.17) is 10.7 Å². The molecule has 0 saturated heterocycles. The average molecular weight is 371 g/mol. The predicted octanol–water partition coefficient (Wildman–Crippen LogP) is 3.06. The van der Waals surface area contributed by atoms with Crippen LogP contribution in [0.15, 0.2) is 59.4 Å². The minimum atomic E-state index is -0.0572. The average Bonchev–Trinajstić information content (AvgIpc) is 3.11. The number of aromatic nitrogens is 3. The highest BCUT2D eigenvalue weighted by molar-refractivity contribution is 5.80. The summed E-state index contributed by atoms with van der Waals surface area (Å²) in [6.45, 7) is 2.27. The van der Waals surface area contributed by atoms with Crippen LogP contribution in [0.25, 0.3) is 22.3 Å². The molecule has 0 unspecified atom stereocenters. The van der Waals surface area contributed by atoms with Crippen molar-refractivity contribution in [2.24, 2.45) is 0 Å². The van der Waals surface area contributed by atoms with Gasteiger partial charge in [-0.3, -0.25) is 9.69 Å². The number of nitrogens with zero attached hydrogens (tertiary/aromatic N) is 2. The molecule has 4 aromatic rings. The number of nitrogens with two attached hydrogens (primary N) is 1. The number of hydrogen-bond acceptors (Lipinski definition) is 4. The van der Waals surface area contributed by atoms with Crippen LogP contribution in [0.5, 0.6) is 0 Å². The third-order valence-corrected chi connectivity index (χ3v) is 5.31. The van der Waals surface area contributed by atoms with Crippen molar-refractivity contribution >= 4 is 16.6 Å². The molecule has 2 aromatic heterocycles. The summed E-state index contributed by atoms with van der Waals surface area (Å²) in [4.78, 5) is 26.1. The number of H-pyrrole nitrogens is 2. The van der Waals surface area contributed by atoms with Crippen LogP contribution in [0.2, 0.25) is 0 Å². The zero-order valence-corrected chi connectivity index (χ0v) is 15.4. The second-order valence-electron chi connectivity index (χ2n) is 7.30. The molecule has 0 bridgehead atoms. The third-order valence-electron chi connectivity index (χ3n) is 5.31. The maximum atomic E-state index is 12.7. The van der Waals surface area contributed by atoms with Crippen molar-refractivity contribution in [1.29, 1.82) is 0 Å². The Hall–Kier alpha value is -3.38. The van der Waals surface area contributed by atoms with Gasteiger partial charge in [-0.2, -0.15) is 0 Å². The number of aromatic amines is 2. The Morgan fingerprint density at radius 1 is 1.07 bits per heavy atom. The summed E-state index contributed by atoms with van der Waals surface area (Å²) in [5, 5.41) is 1.21. The van der Waals surface area contributed by atoms with E-state index in [9.17, 15) is 4.79 Å². The van der Waals surface area contributed by atoms with E-state index in [1.807, 2.05) is 36.4 Å². The summed E-state index contributed by atoms with van der Waals surface area (Å²) in [5.74, 6) is 0.604. The molecule has 0 aliphatic carbocycles. The number of benzene rings is 2. The molecule has 1 aliphatic heterocycles. The van der Waals surface area contributed by atoms with Gasteiger partial charge in [0, 0.05) is 48.5 Å². The zero-order chi connectivity index (χ0) is 19.1. The van der Waals surface area contributed by atoms with Crippen molar-refractivity contribution in [2.45, 2.75) is 19.5 Å². The Balaban J connectivity index is 1.39. The Labute approximate surface area is 162 Å². The van der Waals surface area contributed by atoms with Crippen molar-refractivity contribution in [2.75, 3.05) is 12.3 Å². The second-order valence-corrected chi connectivity index (χ2v) is 7.30. The lowest BCUT2D eigenvalue weighted by Gasteiger charge is -2.27. The molecule has 0 saturated carbocycles. The van der Waals surface area contributed by atoms with Gasteiger partial charge in [0.05, 0.1) is 11.3 Å². The summed E-state index contributed by atoms with van der Waals surface area (Å²) in [6, 6.07) is 17.8. The Bertz CT molecular complexity index is 1170. The van der Waals surface area contributed by atoms with Crippen molar-refractivity contribution in [1.82, 2.24) is 19.9 Å². The molecular formula is C22H21N5O. The van der Waals surface area contributed by atoms with Gasteiger partial charge in [0.25, 0.3) is 5.56 Å². The molecule has 0 spiro atoms. The first-order valence-electron chi connectivity index (χ1n) is 9.43. The Morgan fingerprint density at radius 2 is 1.89 bits per heavy atom. The lowest BCUT2D eigenvalue weighted by Crippen LogP contribution is -2.35. The van der Waals surface area contributed by atoms with Gasteiger partial charge < -0.3 is 15.7 Å². The second kappa shape index (κ2) is 6.65. The lowest BCUT2D eigenvalue weighted by atomic mass is 10.1. The molecule has 140 valence electrons. The highest BCUT2D eigenvalue weighted by Crippen LogP contribution is 2.22. The molecule has 5 rings (SSSR count). The van der Waals surface area contributed by atoms with Crippen LogP contribution in [-0.2, 0) is 19.5 Å². The summed E-state index contributed by atoms with van der Waals surface area (Å²) >= 11 is 0. The molecule has 0 atom stereocenters. The fraction of sp³-hybridized carbons (Fsp3) is 0.182. The molecule has 2 aromatic carbocycles. The van der Waals surface area contributed by atoms with Gasteiger partial charge in [0.2, 0.25) is 0 Å². The van der Waals surface area contributed by atoms with Gasteiger partial charge in [0.15, 0.2) is 0 Å². The van der Waals surface area contributed by atoms with E-state index in [1.165, 1.54) is 5.39 Å². The first-order valence-corrected chi connectivity index (χ1v) is 9.43. The normalized spacial score (nSPS) is 14.3. The van der Waals surface area contributed by atoms with Crippen molar-refractivity contribution < 1.29 is 0 Å². The molecule has 3 heterocycles. The molecule has 6 nitrogen and oxygen atoms in total. The smallest absolute Gasteiger partial charge is 0.255 e. The molecule has 1 aliphatic rings. The van der Waals surface area contributed by atoms with Crippen LogP contribution in [0.4, 0.5) is 5.69 Å². The van der Waals surface area contributed by atoms with Crippen molar-refractivity contribution in [3.05, 3.63) is 81.9 Å². The molecule has 28 heavy (non-hydrogen) atoms. The molecule has 0 radical (unpaired) electrons. The first-order chi connectivity index (χ1) is 13.7. The highest BCUT2D eigenvalue weighted by atomic mass is 16.1. The molecule has 6 heteroatoms. The van der Waals surface area contributed by atoms with Gasteiger partial charge in [-0.1, -0.05) is 18.2 Å². The van der Waals surface area contributed by atoms with E-state index < -0.39 is 0 Å². The quantitative estimate of drug-likeness (QED) is 0.483. The van der Waals surface area contributed by atoms with Gasteiger partial charge >= 0.3 is 0 Å². The van der Waals surface area contributed by atoms with Gasteiger partial charge in [0.1, 0.15) is 5.82 Å². The maximum Gasteiger partial charge on any atom is 0.255 e. The van der Waals surface area contributed by atoms with Crippen molar-refractivity contribution in [3.8, 4) is 11.4 Å². The minimum Gasteiger partial charge on any atom is -0.399 e. The number of hydrogen-bond donors (Lipinski definition) is 3. The number of nitrogens with one attached hydrogen (secondary N) is 2. The Morgan fingerprint density at radius 3 is 2.71 bits per heavy atom. The van der Waals surface area contributed by atoms with Crippen LogP contribution in [0.3, 0.4) is 0 Å². The van der Waals surface area contributed by atoms with E-state index in [-0.39, 0.29) is 5.56 Å². The number of rotatable bonds is 3. The monoisotopic (exact) mass is 371 g/mol. The summed E-state index contributed by atoms with van der Waals surface area (Å²) in [7, 11) is 0. The number of para-hydroxylation sites is 1. The number of nitrogen functional groups attached to an aromatic ring is 1. The Kier molecular flexibility index (Phi) is 3.98. The lowest BCUT2D eigenvalue weighted by molar-refractivity contribution is 0.239. The van der Waals surface area contributed by atoms with Crippen molar-refractivity contribution in [3.63, 3.8) is 0 Å².